The first-order chi connectivity index (χ1) is 12.2. The normalized spacial score (nSPS) is 19.4. The predicted octanol–water partition coefficient (Wildman–Crippen LogP) is 3.06. The highest BCUT2D eigenvalue weighted by Crippen LogP contribution is 2.23. The van der Waals surface area contributed by atoms with E-state index in [-0.39, 0.29) is 0 Å². The van der Waals surface area contributed by atoms with Gasteiger partial charge in [0.2, 0.25) is 0 Å². The molecule has 2 rings (SSSR count). The van der Waals surface area contributed by atoms with Crippen LogP contribution in [0, 0.1) is 5.92 Å². The summed E-state index contributed by atoms with van der Waals surface area (Å²) in [5.74, 6) is 1.62. The van der Waals surface area contributed by atoms with Crippen molar-refractivity contribution in [2.24, 2.45) is 10.9 Å². The van der Waals surface area contributed by atoms with Crippen molar-refractivity contribution >= 4 is 17.3 Å². The largest absolute Gasteiger partial charge is 0.381 e. The molecule has 0 radical (unpaired) electrons. The third-order valence-corrected chi connectivity index (χ3v) is 5.55. The molecule has 0 amide bonds. The fraction of sp³-hybridized carbons (Fsp3) is 0.737. The van der Waals surface area contributed by atoms with E-state index in [1.807, 2.05) is 0 Å². The average Bonchev–Trinajstić information content (AvgIpc) is 3.31. The number of hydrogen-bond donors (Lipinski definition) is 1. The SMILES string of the molecule is CCNC(=NCC(c1ccsc1)N(CC)CC)N(C)CC1CCOC1. The maximum absolute atomic E-state index is 5.51. The molecule has 2 atom stereocenters. The van der Waals surface area contributed by atoms with Crippen LogP contribution in [-0.2, 0) is 4.74 Å². The van der Waals surface area contributed by atoms with Crippen molar-refractivity contribution in [2.45, 2.75) is 33.2 Å². The number of hydrogen-bond acceptors (Lipinski definition) is 4. The molecule has 25 heavy (non-hydrogen) atoms. The zero-order valence-corrected chi connectivity index (χ0v) is 17.0. The monoisotopic (exact) mass is 366 g/mol. The lowest BCUT2D eigenvalue weighted by molar-refractivity contribution is 0.181. The average molecular weight is 367 g/mol. The van der Waals surface area contributed by atoms with Gasteiger partial charge in [-0.1, -0.05) is 13.8 Å². The Morgan fingerprint density at radius 2 is 2.20 bits per heavy atom. The highest BCUT2D eigenvalue weighted by atomic mass is 32.1. The van der Waals surface area contributed by atoms with Gasteiger partial charge in [-0.2, -0.15) is 11.3 Å². The van der Waals surface area contributed by atoms with Gasteiger partial charge in [0.05, 0.1) is 19.2 Å². The van der Waals surface area contributed by atoms with Gasteiger partial charge >= 0.3 is 0 Å². The molecule has 1 aromatic heterocycles. The first-order valence-corrected chi connectivity index (χ1v) is 10.5. The van der Waals surface area contributed by atoms with E-state index in [1.165, 1.54) is 5.56 Å². The summed E-state index contributed by atoms with van der Waals surface area (Å²) in [6.07, 6.45) is 1.15. The Morgan fingerprint density at radius 3 is 2.76 bits per heavy atom. The molecule has 2 heterocycles. The van der Waals surface area contributed by atoms with Crippen LogP contribution in [-0.4, -0.2) is 68.7 Å². The lowest BCUT2D eigenvalue weighted by atomic mass is 10.1. The first kappa shape index (κ1) is 20.2. The molecule has 6 heteroatoms. The van der Waals surface area contributed by atoms with Crippen LogP contribution in [0.3, 0.4) is 0 Å². The maximum Gasteiger partial charge on any atom is 0.193 e. The van der Waals surface area contributed by atoms with Gasteiger partial charge in [0.25, 0.3) is 0 Å². The third-order valence-electron chi connectivity index (χ3n) is 4.85. The molecule has 0 bridgehead atoms. The molecule has 1 aromatic rings. The molecule has 0 saturated carbocycles. The van der Waals surface area contributed by atoms with Gasteiger partial charge in [0.15, 0.2) is 5.96 Å². The van der Waals surface area contributed by atoms with Crippen molar-refractivity contribution in [1.29, 1.82) is 0 Å². The molecule has 1 fully saturated rings. The second-order valence-corrected chi connectivity index (χ2v) is 7.38. The van der Waals surface area contributed by atoms with E-state index < -0.39 is 0 Å². The molecule has 0 spiro atoms. The minimum Gasteiger partial charge on any atom is -0.381 e. The Labute approximate surface area is 157 Å². The van der Waals surface area contributed by atoms with Crippen LogP contribution in [0.15, 0.2) is 21.8 Å². The van der Waals surface area contributed by atoms with Crippen LogP contribution in [0.25, 0.3) is 0 Å². The lowest BCUT2D eigenvalue weighted by Crippen LogP contribution is -2.42. The highest BCUT2D eigenvalue weighted by Gasteiger charge is 2.21. The van der Waals surface area contributed by atoms with Crippen LogP contribution in [0.2, 0.25) is 0 Å². The van der Waals surface area contributed by atoms with Crippen molar-refractivity contribution in [1.82, 2.24) is 15.1 Å². The molecule has 1 aliphatic heterocycles. The maximum atomic E-state index is 5.51. The quantitative estimate of drug-likeness (QED) is 0.539. The number of ether oxygens (including phenoxy) is 1. The number of guanidine groups is 1. The molecule has 1 N–H and O–H groups in total. The Balaban J connectivity index is 2.07. The van der Waals surface area contributed by atoms with Crippen molar-refractivity contribution in [3.8, 4) is 0 Å². The number of nitrogens with one attached hydrogen (secondary N) is 1. The van der Waals surface area contributed by atoms with Crippen LogP contribution < -0.4 is 5.32 Å². The number of aliphatic imine (C=N–C) groups is 1. The topological polar surface area (TPSA) is 40.1 Å². The summed E-state index contributed by atoms with van der Waals surface area (Å²) in [5.41, 5.74) is 1.38. The summed E-state index contributed by atoms with van der Waals surface area (Å²) in [4.78, 5) is 9.73. The van der Waals surface area contributed by atoms with Gasteiger partial charge < -0.3 is 15.0 Å². The van der Waals surface area contributed by atoms with E-state index in [4.69, 9.17) is 9.73 Å². The smallest absolute Gasteiger partial charge is 0.193 e. The first-order valence-electron chi connectivity index (χ1n) is 9.52. The second kappa shape index (κ2) is 10.8. The molecular formula is C19H34N4OS. The van der Waals surface area contributed by atoms with Crippen LogP contribution in [0.4, 0.5) is 0 Å². The van der Waals surface area contributed by atoms with Gasteiger partial charge in [-0.05, 0) is 48.8 Å². The molecule has 2 unspecified atom stereocenters. The summed E-state index contributed by atoms with van der Waals surface area (Å²) in [5, 5.41) is 7.87. The van der Waals surface area contributed by atoms with E-state index in [0.29, 0.717) is 12.0 Å². The lowest BCUT2D eigenvalue weighted by Gasteiger charge is -2.29. The second-order valence-electron chi connectivity index (χ2n) is 6.60. The molecule has 1 aliphatic rings. The minimum atomic E-state index is 0.345. The van der Waals surface area contributed by atoms with E-state index in [0.717, 1.165) is 58.3 Å². The minimum absolute atomic E-state index is 0.345. The van der Waals surface area contributed by atoms with Gasteiger partial charge in [0.1, 0.15) is 0 Å². The Hall–Kier alpha value is -1.11. The fourth-order valence-corrected chi connectivity index (χ4v) is 4.11. The summed E-state index contributed by atoms with van der Waals surface area (Å²) in [6.45, 7) is 13.1. The molecular weight excluding hydrogens is 332 g/mol. The fourth-order valence-electron chi connectivity index (χ4n) is 3.40. The van der Waals surface area contributed by atoms with E-state index in [1.54, 1.807) is 11.3 Å². The number of likely N-dealkylation sites (N-methyl/N-ethyl adjacent to an activating group) is 1. The third kappa shape index (κ3) is 5.97. The van der Waals surface area contributed by atoms with E-state index >= 15 is 0 Å². The number of rotatable bonds is 9. The summed E-state index contributed by atoms with van der Waals surface area (Å²) >= 11 is 1.76. The Morgan fingerprint density at radius 1 is 1.40 bits per heavy atom. The van der Waals surface area contributed by atoms with Crippen molar-refractivity contribution < 1.29 is 4.74 Å². The Bertz CT molecular complexity index is 496. The molecule has 1 saturated heterocycles. The van der Waals surface area contributed by atoms with Gasteiger partial charge in [0, 0.05) is 32.7 Å². The zero-order valence-electron chi connectivity index (χ0n) is 16.2. The molecule has 0 aromatic carbocycles. The van der Waals surface area contributed by atoms with Crippen molar-refractivity contribution in [3.63, 3.8) is 0 Å². The standard InChI is InChI=1S/C19H34N4OS/c1-5-20-19(22(4)13-16-8-10-24-14-16)21-12-18(23(6-2)7-3)17-9-11-25-15-17/h9,11,15-16,18H,5-8,10,12-14H2,1-4H3,(H,20,21). The summed E-state index contributed by atoms with van der Waals surface area (Å²) in [7, 11) is 2.14. The summed E-state index contributed by atoms with van der Waals surface area (Å²) in [6, 6.07) is 2.58. The van der Waals surface area contributed by atoms with Crippen molar-refractivity contribution in [3.05, 3.63) is 22.4 Å². The van der Waals surface area contributed by atoms with Gasteiger partial charge in [-0.15, -0.1) is 0 Å². The highest BCUT2D eigenvalue weighted by molar-refractivity contribution is 7.07. The number of nitrogens with zero attached hydrogens (tertiary/aromatic N) is 3. The van der Waals surface area contributed by atoms with Gasteiger partial charge in [-0.25, -0.2) is 0 Å². The molecule has 5 nitrogen and oxygen atoms in total. The van der Waals surface area contributed by atoms with E-state index in [9.17, 15) is 0 Å². The van der Waals surface area contributed by atoms with Gasteiger partial charge in [-0.3, -0.25) is 9.89 Å². The van der Waals surface area contributed by atoms with Crippen molar-refractivity contribution in [2.75, 3.05) is 53.0 Å². The van der Waals surface area contributed by atoms with Crippen LogP contribution in [0.1, 0.15) is 38.8 Å². The summed E-state index contributed by atoms with van der Waals surface area (Å²) < 4.78 is 5.51. The Kier molecular flexibility index (Phi) is 8.72. The predicted molar refractivity (Wildman–Crippen MR) is 108 cm³/mol. The van der Waals surface area contributed by atoms with Crippen LogP contribution >= 0.6 is 11.3 Å². The molecule has 142 valence electrons. The van der Waals surface area contributed by atoms with Crippen LogP contribution in [0.5, 0.6) is 0 Å². The number of thiophene rings is 1. The van der Waals surface area contributed by atoms with E-state index in [2.05, 4.69) is 59.8 Å². The zero-order chi connectivity index (χ0) is 18.1. The molecule has 0 aliphatic carbocycles.